The van der Waals surface area contributed by atoms with E-state index in [1.165, 1.54) is 5.92 Å². The summed E-state index contributed by atoms with van der Waals surface area (Å²) < 4.78 is 0. The minimum Gasteiger partial charge on any atom is -0.396 e. The van der Waals surface area contributed by atoms with E-state index in [1.54, 1.807) is 0 Å². The predicted octanol–water partition coefficient (Wildman–Crippen LogP) is 0.316. The molecular formula is C9H14NO. The van der Waals surface area contributed by atoms with Crippen molar-refractivity contribution in [2.75, 3.05) is 27.2 Å². The zero-order chi connectivity index (χ0) is 8.27. The van der Waals surface area contributed by atoms with Crippen molar-refractivity contribution in [2.45, 2.75) is 0 Å². The molecule has 1 rings (SSSR count). The summed E-state index contributed by atoms with van der Waals surface area (Å²) in [6.07, 6.45) is 5.98. The molecule has 61 valence electrons. The van der Waals surface area contributed by atoms with Gasteiger partial charge < -0.3 is 10.0 Å². The highest BCUT2D eigenvalue weighted by atomic mass is 16.3. The second kappa shape index (κ2) is 4.07. The van der Waals surface area contributed by atoms with Gasteiger partial charge in [0.2, 0.25) is 0 Å². The quantitative estimate of drug-likeness (QED) is 0.629. The third-order valence-corrected chi connectivity index (χ3v) is 1.66. The fourth-order valence-electron chi connectivity index (χ4n) is 1.14. The Labute approximate surface area is 69.2 Å². The molecule has 0 unspecified atom stereocenters. The molecule has 5 radical (unpaired) electrons. The van der Waals surface area contributed by atoms with E-state index in [4.69, 9.17) is 5.11 Å². The lowest BCUT2D eigenvalue weighted by Crippen LogP contribution is -2.23. The van der Waals surface area contributed by atoms with Gasteiger partial charge in [-0.1, -0.05) is 0 Å². The molecule has 0 atom stereocenters. The van der Waals surface area contributed by atoms with Crippen LogP contribution in [0, 0.1) is 31.1 Å². The van der Waals surface area contributed by atoms with Gasteiger partial charge in [-0.15, -0.1) is 0 Å². The lowest BCUT2D eigenvalue weighted by molar-refractivity contribution is 0.308. The molecule has 2 nitrogen and oxygen atoms in total. The maximum Gasteiger partial charge on any atom is 0.0502 e. The molecule has 0 aromatic heterocycles. The van der Waals surface area contributed by atoms with Gasteiger partial charge in [-0.3, -0.25) is 0 Å². The van der Waals surface area contributed by atoms with Crippen molar-refractivity contribution in [3.63, 3.8) is 0 Å². The van der Waals surface area contributed by atoms with Crippen LogP contribution in [0.15, 0.2) is 0 Å². The summed E-state index contributed by atoms with van der Waals surface area (Å²) in [7, 11) is 4.04. The molecule has 0 aromatic carbocycles. The van der Waals surface area contributed by atoms with Crippen LogP contribution in [-0.4, -0.2) is 37.3 Å². The summed E-state index contributed by atoms with van der Waals surface area (Å²) in [5, 5.41) is 8.90. The Bertz CT molecular complexity index is 114. The summed E-state index contributed by atoms with van der Waals surface area (Å²) in [6.45, 7) is 1.05. The largest absolute Gasteiger partial charge is 0.396 e. The number of rotatable bonds is 3. The average Bonchev–Trinajstić information content (AvgIpc) is 2.34. The number of nitrogens with zero attached hydrogens (tertiary/aromatic N) is 1. The molecule has 11 heavy (non-hydrogen) atoms. The van der Waals surface area contributed by atoms with E-state index < -0.39 is 0 Å². The van der Waals surface area contributed by atoms with Gasteiger partial charge in [0, 0.05) is 18.4 Å². The molecule has 0 aliphatic heterocycles. The van der Waals surface area contributed by atoms with Crippen LogP contribution in [0.25, 0.3) is 0 Å². The molecule has 0 spiro atoms. The van der Waals surface area contributed by atoms with Gasteiger partial charge in [0.1, 0.15) is 0 Å². The Hall–Kier alpha value is -0.0800. The van der Waals surface area contributed by atoms with Crippen LogP contribution in [-0.2, 0) is 0 Å². The lowest BCUT2D eigenvalue weighted by Gasteiger charge is -2.19. The minimum atomic E-state index is 0.149. The topological polar surface area (TPSA) is 23.5 Å². The first-order valence-corrected chi connectivity index (χ1v) is 3.73. The molecule has 0 saturated heterocycles. The number of aliphatic hydroxyl groups is 1. The maximum absolute atomic E-state index is 8.90. The standard InChI is InChI=1S/C9H14NO/c1-10(2)6-8-4-3-5-9(8)7-11/h3-5,11H,6-7H2,1-2H3. The summed E-state index contributed by atoms with van der Waals surface area (Å²) in [5.41, 5.74) is 0. The van der Waals surface area contributed by atoms with E-state index in [-0.39, 0.29) is 6.61 Å². The van der Waals surface area contributed by atoms with Crippen molar-refractivity contribution in [1.29, 1.82) is 0 Å². The molecule has 0 aromatic rings. The average molecular weight is 152 g/mol. The minimum absolute atomic E-state index is 0.149. The van der Waals surface area contributed by atoms with E-state index in [1.807, 2.05) is 33.4 Å². The van der Waals surface area contributed by atoms with Gasteiger partial charge in [0.25, 0.3) is 0 Å². The fourth-order valence-corrected chi connectivity index (χ4v) is 1.14. The molecule has 0 heterocycles. The summed E-state index contributed by atoms with van der Waals surface area (Å²) in [5.74, 6) is 2.26. The van der Waals surface area contributed by atoms with E-state index in [0.717, 1.165) is 12.5 Å². The van der Waals surface area contributed by atoms with Gasteiger partial charge in [0.05, 0.1) is 6.61 Å². The monoisotopic (exact) mass is 152 g/mol. The highest BCUT2D eigenvalue weighted by Gasteiger charge is 2.28. The smallest absolute Gasteiger partial charge is 0.0502 e. The maximum atomic E-state index is 8.90. The van der Waals surface area contributed by atoms with Crippen LogP contribution in [0.2, 0.25) is 0 Å². The van der Waals surface area contributed by atoms with Crippen molar-refractivity contribution in [3.05, 3.63) is 31.1 Å². The lowest BCUT2D eigenvalue weighted by atomic mass is 9.97. The highest BCUT2D eigenvalue weighted by Crippen LogP contribution is 2.32. The normalized spacial score (nSPS) is 21.8. The SMILES string of the molecule is CN(C)C[C]1[CH][CH][CH][C]1CO. The van der Waals surface area contributed by atoms with Crippen LogP contribution in [0.4, 0.5) is 0 Å². The first-order chi connectivity index (χ1) is 5.24. The van der Waals surface area contributed by atoms with Gasteiger partial charge in [-0.05, 0) is 33.4 Å². The van der Waals surface area contributed by atoms with Gasteiger partial charge in [-0.25, -0.2) is 0 Å². The van der Waals surface area contributed by atoms with E-state index in [0.29, 0.717) is 0 Å². The summed E-state index contributed by atoms with van der Waals surface area (Å²) in [6, 6.07) is 0. The molecule has 2 heteroatoms. The Morgan fingerprint density at radius 1 is 1.27 bits per heavy atom. The Morgan fingerprint density at radius 3 is 2.45 bits per heavy atom. The molecular weight excluding hydrogens is 138 g/mol. The second-order valence-corrected chi connectivity index (χ2v) is 2.97. The number of hydrogen-bond donors (Lipinski definition) is 1. The van der Waals surface area contributed by atoms with Crippen molar-refractivity contribution >= 4 is 0 Å². The summed E-state index contributed by atoms with van der Waals surface area (Å²) in [4.78, 5) is 2.09. The Balaban J connectivity index is 2.31. The Kier molecular flexibility index (Phi) is 3.34. The highest BCUT2D eigenvalue weighted by molar-refractivity contribution is 5.44. The van der Waals surface area contributed by atoms with Crippen molar-refractivity contribution in [2.24, 2.45) is 0 Å². The number of aliphatic hydroxyl groups excluding tert-OH is 1. The molecule has 1 fully saturated rings. The van der Waals surface area contributed by atoms with Crippen molar-refractivity contribution < 1.29 is 5.11 Å². The first kappa shape index (κ1) is 9.01. The molecule has 1 aliphatic rings. The number of hydrogen-bond acceptors (Lipinski definition) is 2. The van der Waals surface area contributed by atoms with Crippen LogP contribution in [0.1, 0.15) is 0 Å². The summed E-state index contributed by atoms with van der Waals surface area (Å²) >= 11 is 0. The molecule has 1 N–H and O–H groups in total. The van der Waals surface area contributed by atoms with Crippen LogP contribution in [0.5, 0.6) is 0 Å². The van der Waals surface area contributed by atoms with Gasteiger partial charge >= 0.3 is 0 Å². The zero-order valence-corrected chi connectivity index (χ0v) is 7.04. The molecule has 0 amide bonds. The third-order valence-electron chi connectivity index (χ3n) is 1.66. The second-order valence-electron chi connectivity index (χ2n) is 2.97. The van der Waals surface area contributed by atoms with E-state index in [9.17, 15) is 0 Å². The van der Waals surface area contributed by atoms with Crippen LogP contribution in [0.3, 0.4) is 0 Å². The molecule has 1 saturated carbocycles. The fraction of sp³-hybridized carbons (Fsp3) is 0.444. The van der Waals surface area contributed by atoms with Gasteiger partial charge in [-0.2, -0.15) is 0 Å². The van der Waals surface area contributed by atoms with Crippen LogP contribution < -0.4 is 0 Å². The van der Waals surface area contributed by atoms with Gasteiger partial charge in [0.15, 0.2) is 0 Å². The first-order valence-electron chi connectivity index (χ1n) is 3.73. The predicted molar refractivity (Wildman–Crippen MR) is 45.0 cm³/mol. The van der Waals surface area contributed by atoms with Crippen molar-refractivity contribution in [3.8, 4) is 0 Å². The Morgan fingerprint density at radius 2 is 1.91 bits per heavy atom. The van der Waals surface area contributed by atoms with Crippen molar-refractivity contribution in [1.82, 2.24) is 4.90 Å². The third kappa shape index (κ3) is 2.46. The van der Waals surface area contributed by atoms with Crippen LogP contribution >= 0.6 is 0 Å². The molecule has 1 aliphatic carbocycles. The molecule has 0 bridgehead atoms. The zero-order valence-electron chi connectivity index (χ0n) is 7.04. The van der Waals surface area contributed by atoms with E-state index in [2.05, 4.69) is 4.90 Å². The van der Waals surface area contributed by atoms with E-state index >= 15 is 0 Å².